The number of carboxylic acids is 1. The molecule has 0 aromatic heterocycles. The van der Waals surface area contributed by atoms with Gasteiger partial charge in [-0.3, -0.25) is 4.79 Å². The van der Waals surface area contributed by atoms with Crippen molar-refractivity contribution < 1.29 is 9.90 Å². The Morgan fingerprint density at radius 1 is 1.25 bits per heavy atom. The molecule has 1 fully saturated rings. The van der Waals surface area contributed by atoms with Gasteiger partial charge in [-0.25, -0.2) is 0 Å². The minimum atomic E-state index is -0.643. The lowest BCUT2D eigenvalue weighted by atomic mass is 9.86. The van der Waals surface area contributed by atoms with Crippen molar-refractivity contribution >= 4 is 18.4 Å². The van der Waals surface area contributed by atoms with Gasteiger partial charge in [0.1, 0.15) is 0 Å². The van der Waals surface area contributed by atoms with E-state index in [-0.39, 0.29) is 12.4 Å². The van der Waals surface area contributed by atoms with Gasteiger partial charge in [-0.05, 0) is 12.3 Å². The van der Waals surface area contributed by atoms with Gasteiger partial charge in [-0.15, -0.1) is 12.4 Å². The van der Waals surface area contributed by atoms with Crippen LogP contribution >= 0.6 is 12.4 Å². The van der Waals surface area contributed by atoms with Crippen LogP contribution in [0.4, 0.5) is 0 Å². The van der Waals surface area contributed by atoms with E-state index in [4.69, 9.17) is 5.11 Å². The van der Waals surface area contributed by atoms with Gasteiger partial charge in [-0.1, -0.05) is 32.1 Å². The van der Waals surface area contributed by atoms with Crippen LogP contribution in [0, 0.1) is 5.92 Å². The number of hydrogen-bond acceptors (Lipinski definition) is 1. The van der Waals surface area contributed by atoms with Crippen LogP contribution in [0.25, 0.3) is 0 Å². The van der Waals surface area contributed by atoms with E-state index in [1.165, 1.54) is 32.1 Å². The van der Waals surface area contributed by atoms with Crippen molar-refractivity contribution in [2.24, 2.45) is 5.92 Å². The highest BCUT2D eigenvalue weighted by molar-refractivity contribution is 5.85. The van der Waals surface area contributed by atoms with Gasteiger partial charge in [0.15, 0.2) is 0 Å². The Morgan fingerprint density at radius 3 is 2.33 bits per heavy atom. The highest BCUT2D eigenvalue weighted by Gasteiger charge is 2.13. The Kier molecular flexibility index (Phi) is 6.17. The van der Waals surface area contributed by atoms with Crippen molar-refractivity contribution in [1.29, 1.82) is 0 Å². The molecule has 1 N–H and O–H groups in total. The monoisotopic (exact) mass is 192 g/mol. The number of aliphatic carboxylic acids is 1. The average Bonchev–Trinajstić information content (AvgIpc) is 2.03. The third kappa shape index (κ3) is 4.60. The van der Waals surface area contributed by atoms with Gasteiger partial charge in [0.05, 0.1) is 0 Å². The predicted octanol–water partition coefficient (Wildman–Crippen LogP) is 2.85. The van der Waals surface area contributed by atoms with E-state index in [1.807, 2.05) is 0 Å². The van der Waals surface area contributed by atoms with Gasteiger partial charge >= 0.3 is 5.97 Å². The summed E-state index contributed by atoms with van der Waals surface area (Å²) in [6, 6.07) is 0. The Hall–Kier alpha value is -0.240. The third-order valence-corrected chi connectivity index (χ3v) is 2.49. The molecule has 0 heterocycles. The molecule has 0 aliphatic heterocycles. The fourth-order valence-corrected chi connectivity index (χ4v) is 1.80. The second kappa shape index (κ2) is 6.30. The summed E-state index contributed by atoms with van der Waals surface area (Å²) in [5.74, 6) is 0.0652. The molecule has 1 rings (SSSR count). The largest absolute Gasteiger partial charge is 0.481 e. The molecule has 0 radical (unpaired) electrons. The van der Waals surface area contributed by atoms with Crippen LogP contribution in [0.1, 0.15) is 44.9 Å². The molecule has 72 valence electrons. The van der Waals surface area contributed by atoms with Crippen molar-refractivity contribution in [2.45, 2.75) is 44.9 Å². The quantitative estimate of drug-likeness (QED) is 0.747. The molecule has 1 aliphatic carbocycles. The van der Waals surface area contributed by atoms with E-state index in [0.29, 0.717) is 12.3 Å². The summed E-state index contributed by atoms with van der Waals surface area (Å²) in [6.45, 7) is 0. The molecular formula is C9H17ClO2. The molecule has 0 atom stereocenters. The lowest BCUT2D eigenvalue weighted by molar-refractivity contribution is -0.137. The van der Waals surface area contributed by atoms with Crippen LogP contribution in [-0.4, -0.2) is 11.1 Å². The molecule has 0 aromatic rings. The van der Waals surface area contributed by atoms with E-state index in [2.05, 4.69) is 0 Å². The van der Waals surface area contributed by atoms with Crippen LogP contribution in [0.2, 0.25) is 0 Å². The lowest BCUT2D eigenvalue weighted by Gasteiger charge is -2.20. The van der Waals surface area contributed by atoms with Gasteiger partial charge in [-0.2, -0.15) is 0 Å². The SMILES string of the molecule is Cl.O=C(O)CCC1CCCCC1. The zero-order valence-electron chi connectivity index (χ0n) is 7.29. The Labute approximate surface area is 79.8 Å². The molecule has 3 heteroatoms. The number of rotatable bonds is 3. The fourth-order valence-electron chi connectivity index (χ4n) is 1.80. The summed E-state index contributed by atoms with van der Waals surface area (Å²) in [5.41, 5.74) is 0. The molecule has 0 spiro atoms. The summed E-state index contributed by atoms with van der Waals surface area (Å²) < 4.78 is 0. The van der Waals surface area contributed by atoms with Gasteiger partial charge < -0.3 is 5.11 Å². The topological polar surface area (TPSA) is 37.3 Å². The maximum Gasteiger partial charge on any atom is 0.303 e. The second-order valence-corrected chi connectivity index (χ2v) is 3.44. The molecule has 1 aliphatic rings. The summed E-state index contributed by atoms with van der Waals surface area (Å²) >= 11 is 0. The van der Waals surface area contributed by atoms with Crippen molar-refractivity contribution in [3.63, 3.8) is 0 Å². The van der Waals surface area contributed by atoms with Crippen LogP contribution in [0.15, 0.2) is 0 Å². The summed E-state index contributed by atoms with van der Waals surface area (Å²) in [5, 5.41) is 8.44. The van der Waals surface area contributed by atoms with Crippen molar-refractivity contribution in [2.75, 3.05) is 0 Å². The first-order valence-electron chi connectivity index (χ1n) is 4.51. The van der Waals surface area contributed by atoms with E-state index < -0.39 is 5.97 Å². The maximum absolute atomic E-state index is 10.2. The first kappa shape index (κ1) is 11.8. The standard InChI is InChI=1S/C9H16O2.ClH/c10-9(11)7-6-8-4-2-1-3-5-8;/h8H,1-7H2,(H,10,11);1H. The highest BCUT2D eigenvalue weighted by Crippen LogP contribution is 2.26. The van der Waals surface area contributed by atoms with Crippen LogP contribution in [-0.2, 0) is 4.79 Å². The van der Waals surface area contributed by atoms with Crippen molar-refractivity contribution in [1.82, 2.24) is 0 Å². The minimum absolute atomic E-state index is 0. The van der Waals surface area contributed by atoms with Gasteiger partial charge in [0.25, 0.3) is 0 Å². The van der Waals surface area contributed by atoms with Crippen LogP contribution < -0.4 is 0 Å². The lowest BCUT2D eigenvalue weighted by Crippen LogP contribution is -2.08. The molecule has 0 aromatic carbocycles. The fraction of sp³-hybridized carbons (Fsp3) is 0.889. The van der Waals surface area contributed by atoms with E-state index in [0.717, 1.165) is 6.42 Å². The molecule has 1 saturated carbocycles. The number of halogens is 1. The van der Waals surface area contributed by atoms with Gasteiger partial charge in [0, 0.05) is 6.42 Å². The Morgan fingerprint density at radius 2 is 1.83 bits per heavy atom. The average molecular weight is 193 g/mol. The summed E-state index contributed by atoms with van der Waals surface area (Å²) in [4.78, 5) is 10.2. The number of carbonyl (C=O) groups is 1. The van der Waals surface area contributed by atoms with Crippen molar-refractivity contribution in [3.8, 4) is 0 Å². The predicted molar refractivity (Wildman–Crippen MR) is 50.7 cm³/mol. The normalized spacial score (nSPS) is 18.3. The smallest absolute Gasteiger partial charge is 0.303 e. The Balaban J connectivity index is 0.00000121. The van der Waals surface area contributed by atoms with Crippen LogP contribution in [0.5, 0.6) is 0 Å². The first-order chi connectivity index (χ1) is 5.29. The molecule has 12 heavy (non-hydrogen) atoms. The molecule has 0 bridgehead atoms. The Bertz CT molecular complexity index is 130. The molecule has 2 nitrogen and oxygen atoms in total. The third-order valence-electron chi connectivity index (χ3n) is 2.49. The summed E-state index contributed by atoms with van der Waals surface area (Å²) in [7, 11) is 0. The first-order valence-corrected chi connectivity index (χ1v) is 4.51. The number of hydrogen-bond donors (Lipinski definition) is 1. The van der Waals surface area contributed by atoms with E-state index in [9.17, 15) is 4.79 Å². The number of carboxylic acid groups (broad SMARTS) is 1. The molecule has 0 saturated heterocycles. The molecule has 0 unspecified atom stereocenters. The molecule has 0 amide bonds. The zero-order valence-corrected chi connectivity index (χ0v) is 8.11. The minimum Gasteiger partial charge on any atom is -0.481 e. The van der Waals surface area contributed by atoms with E-state index >= 15 is 0 Å². The van der Waals surface area contributed by atoms with Gasteiger partial charge in [0.2, 0.25) is 0 Å². The van der Waals surface area contributed by atoms with Crippen LogP contribution in [0.3, 0.4) is 0 Å². The maximum atomic E-state index is 10.2. The van der Waals surface area contributed by atoms with E-state index in [1.54, 1.807) is 0 Å². The highest BCUT2D eigenvalue weighted by atomic mass is 35.5. The van der Waals surface area contributed by atoms with Crippen molar-refractivity contribution in [3.05, 3.63) is 0 Å². The zero-order chi connectivity index (χ0) is 8.10. The molecular weight excluding hydrogens is 176 g/mol. The summed E-state index contributed by atoms with van der Waals surface area (Å²) in [6.07, 6.45) is 7.75. The second-order valence-electron chi connectivity index (χ2n) is 3.44.